The van der Waals surface area contributed by atoms with Gasteiger partial charge < -0.3 is 25.3 Å². The average molecular weight is 268 g/mol. The van der Waals surface area contributed by atoms with Crippen LogP contribution in [0.3, 0.4) is 0 Å². The van der Waals surface area contributed by atoms with Crippen molar-refractivity contribution in [2.24, 2.45) is 0 Å². The zero-order valence-electron chi connectivity index (χ0n) is 9.90. The van der Waals surface area contributed by atoms with E-state index in [0.717, 1.165) is 0 Å². The van der Waals surface area contributed by atoms with E-state index in [1.165, 1.54) is 10.9 Å². The summed E-state index contributed by atoms with van der Waals surface area (Å²) in [6.07, 6.45) is 0.540. The Bertz CT molecular complexity index is 619. The first kappa shape index (κ1) is 12.3. The van der Waals surface area contributed by atoms with Gasteiger partial charge in [0.15, 0.2) is 6.23 Å². The fourth-order valence-electron chi connectivity index (χ4n) is 2.30. The Hall–Kier alpha value is -1.77. The summed E-state index contributed by atoms with van der Waals surface area (Å²) in [5.41, 5.74) is 6.14. The highest BCUT2D eigenvalue weighted by Gasteiger charge is 2.47. The molecule has 8 heteroatoms. The van der Waals surface area contributed by atoms with Crippen LogP contribution in [0.5, 0.6) is 0 Å². The van der Waals surface area contributed by atoms with Gasteiger partial charge in [0.05, 0.1) is 5.39 Å². The molecule has 0 saturated carbocycles. The molecule has 7 nitrogen and oxygen atoms in total. The number of aliphatic hydroxyl groups is 2. The lowest BCUT2D eigenvalue weighted by molar-refractivity contribution is -0.179. The summed E-state index contributed by atoms with van der Waals surface area (Å²) in [6, 6.07) is 1.66. The molecule has 3 atom stereocenters. The number of halogens is 1. The van der Waals surface area contributed by atoms with Gasteiger partial charge in [-0.05, 0) is 6.07 Å². The molecule has 0 amide bonds. The van der Waals surface area contributed by atoms with Gasteiger partial charge in [0.25, 0.3) is 0 Å². The lowest BCUT2D eigenvalue weighted by Crippen LogP contribution is -2.27. The lowest BCUT2D eigenvalue weighted by Gasteiger charge is -2.19. The second-order valence-electron chi connectivity index (χ2n) is 4.54. The van der Waals surface area contributed by atoms with E-state index in [9.17, 15) is 9.50 Å². The zero-order valence-corrected chi connectivity index (χ0v) is 9.90. The molecular formula is C11H13FN4O3. The Morgan fingerprint density at radius 1 is 1.58 bits per heavy atom. The van der Waals surface area contributed by atoms with E-state index in [-0.39, 0.29) is 6.42 Å². The van der Waals surface area contributed by atoms with Gasteiger partial charge >= 0.3 is 0 Å². The van der Waals surface area contributed by atoms with Gasteiger partial charge in [0, 0.05) is 12.6 Å². The van der Waals surface area contributed by atoms with Crippen LogP contribution in [0.4, 0.5) is 10.2 Å². The van der Waals surface area contributed by atoms with Gasteiger partial charge in [-0.2, -0.15) is 0 Å². The van der Waals surface area contributed by atoms with Crippen LogP contribution in [0.25, 0.3) is 11.0 Å². The summed E-state index contributed by atoms with van der Waals surface area (Å²) in [6.45, 7) is -0.809. The highest BCUT2D eigenvalue weighted by Crippen LogP contribution is 2.39. The fourth-order valence-corrected chi connectivity index (χ4v) is 2.30. The first-order chi connectivity index (χ1) is 9.04. The standard InChI is InChI=1S/C11H13FN4O3/c12-11(4-17)3-7(18)10(19-11)16-2-1-6-8(13)14-5-15-9(6)16/h1-2,5,7,10,17-18H,3-4H2,(H2,13,14,15)/t7-,10-,11+/m1/s1. The first-order valence-corrected chi connectivity index (χ1v) is 5.77. The number of hydrogen-bond acceptors (Lipinski definition) is 6. The highest BCUT2D eigenvalue weighted by atomic mass is 19.2. The predicted molar refractivity (Wildman–Crippen MR) is 63.6 cm³/mol. The molecule has 3 rings (SSSR count). The number of rotatable bonds is 2. The van der Waals surface area contributed by atoms with E-state index in [1.54, 1.807) is 12.3 Å². The molecule has 102 valence electrons. The molecule has 0 radical (unpaired) electrons. The molecule has 3 heterocycles. The average Bonchev–Trinajstić information content (AvgIpc) is 2.92. The third-order valence-electron chi connectivity index (χ3n) is 3.23. The maximum atomic E-state index is 13.9. The maximum Gasteiger partial charge on any atom is 0.237 e. The van der Waals surface area contributed by atoms with E-state index >= 15 is 0 Å². The van der Waals surface area contributed by atoms with Crippen molar-refractivity contribution in [2.75, 3.05) is 12.3 Å². The molecule has 2 aromatic heterocycles. The van der Waals surface area contributed by atoms with Gasteiger partial charge in [-0.3, -0.25) is 0 Å². The number of nitrogens with two attached hydrogens (primary N) is 1. The maximum absolute atomic E-state index is 13.9. The molecule has 0 aliphatic carbocycles. The van der Waals surface area contributed by atoms with Crippen LogP contribution in [0.15, 0.2) is 18.6 Å². The van der Waals surface area contributed by atoms with Gasteiger partial charge in [0.2, 0.25) is 5.85 Å². The normalized spacial score (nSPS) is 31.1. The van der Waals surface area contributed by atoms with Crippen LogP contribution in [-0.2, 0) is 4.74 Å². The van der Waals surface area contributed by atoms with Crippen molar-refractivity contribution >= 4 is 16.9 Å². The van der Waals surface area contributed by atoms with Crippen LogP contribution < -0.4 is 5.73 Å². The molecular weight excluding hydrogens is 255 g/mol. The molecule has 1 saturated heterocycles. The molecule has 0 bridgehead atoms. The molecule has 1 aliphatic rings. The Morgan fingerprint density at radius 2 is 2.37 bits per heavy atom. The van der Waals surface area contributed by atoms with Crippen molar-refractivity contribution < 1.29 is 19.3 Å². The van der Waals surface area contributed by atoms with E-state index < -0.39 is 24.8 Å². The minimum absolute atomic E-state index is 0.296. The van der Waals surface area contributed by atoms with Gasteiger partial charge in [0.1, 0.15) is 30.5 Å². The monoisotopic (exact) mass is 268 g/mol. The minimum atomic E-state index is -2.24. The van der Waals surface area contributed by atoms with E-state index in [2.05, 4.69) is 9.97 Å². The number of anilines is 1. The first-order valence-electron chi connectivity index (χ1n) is 5.77. The van der Waals surface area contributed by atoms with E-state index in [4.69, 9.17) is 15.6 Å². The number of nitrogen functional groups attached to an aromatic ring is 1. The van der Waals surface area contributed by atoms with Crippen LogP contribution in [0.1, 0.15) is 12.6 Å². The fraction of sp³-hybridized carbons (Fsp3) is 0.455. The minimum Gasteiger partial charge on any atom is -0.390 e. The Morgan fingerprint density at radius 3 is 3.05 bits per heavy atom. The quantitative estimate of drug-likeness (QED) is 0.705. The Balaban J connectivity index is 2.04. The number of fused-ring (bicyclic) bond motifs is 1. The second-order valence-corrected chi connectivity index (χ2v) is 4.54. The van der Waals surface area contributed by atoms with E-state index in [1.807, 2.05) is 0 Å². The summed E-state index contributed by atoms with van der Waals surface area (Å²) in [4.78, 5) is 7.90. The van der Waals surface area contributed by atoms with Gasteiger partial charge in [-0.25, -0.2) is 14.4 Å². The largest absolute Gasteiger partial charge is 0.390 e. The van der Waals surface area contributed by atoms with Crippen LogP contribution in [0, 0.1) is 0 Å². The predicted octanol–water partition coefficient (Wildman–Crippen LogP) is -0.0486. The number of ether oxygens (including phenoxy) is 1. The number of aromatic nitrogens is 3. The van der Waals surface area contributed by atoms with Crippen molar-refractivity contribution in [1.82, 2.24) is 14.5 Å². The number of hydrogen-bond donors (Lipinski definition) is 3. The molecule has 4 N–H and O–H groups in total. The molecule has 0 aromatic carbocycles. The topological polar surface area (TPSA) is 106 Å². The lowest BCUT2D eigenvalue weighted by atomic mass is 10.2. The Labute approximate surface area is 107 Å². The van der Waals surface area contributed by atoms with Crippen molar-refractivity contribution in [2.45, 2.75) is 24.6 Å². The third kappa shape index (κ3) is 1.84. The summed E-state index contributed by atoms with van der Waals surface area (Å²) in [5.74, 6) is -1.94. The molecule has 0 spiro atoms. The van der Waals surface area contributed by atoms with Crippen molar-refractivity contribution in [1.29, 1.82) is 0 Å². The van der Waals surface area contributed by atoms with Crippen molar-refractivity contribution in [3.05, 3.63) is 18.6 Å². The SMILES string of the molecule is Nc1ncnc2c1ccn2[C@@H]1O[C@](F)(CO)C[C@H]1O. The zero-order chi connectivity index (χ0) is 13.6. The van der Waals surface area contributed by atoms with Crippen molar-refractivity contribution in [3.8, 4) is 0 Å². The summed E-state index contributed by atoms with van der Waals surface area (Å²) >= 11 is 0. The summed E-state index contributed by atoms with van der Waals surface area (Å²) in [7, 11) is 0. The number of aliphatic hydroxyl groups excluding tert-OH is 2. The smallest absolute Gasteiger partial charge is 0.237 e. The molecule has 1 aliphatic heterocycles. The molecule has 0 unspecified atom stereocenters. The molecule has 2 aromatic rings. The molecule has 19 heavy (non-hydrogen) atoms. The van der Waals surface area contributed by atoms with Gasteiger partial charge in [-0.15, -0.1) is 0 Å². The van der Waals surface area contributed by atoms with Gasteiger partial charge in [-0.1, -0.05) is 0 Å². The van der Waals surface area contributed by atoms with Crippen LogP contribution in [0.2, 0.25) is 0 Å². The second kappa shape index (κ2) is 4.12. The van der Waals surface area contributed by atoms with Crippen molar-refractivity contribution in [3.63, 3.8) is 0 Å². The summed E-state index contributed by atoms with van der Waals surface area (Å²) in [5, 5.41) is 19.4. The van der Waals surface area contributed by atoms with E-state index in [0.29, 0.717) is 16.9 Å². The molecule has 1 fully saturated rings. The number of alkyl halides is 1. The summed E-state index contributed by atoms with van der Waals surface area (Å²) < 4.78 is 20.5. The van der Waals surface area contributed by atoms with Crippen LogP contribution in [-0.4, -0.2) is 43.3 Å². The van der Waals surface area contributed by atoms with Crippen LogP contribution >= 0.6 is 0 Å². The number of nitrogens with zero attached hydrogens (tertiary/aromatic N) is 3. The highest BCUT2D eigenvalue weighted by molar-refractivity contribution is 5.86. The third-order valence-corrected chi connectivity index (χ3v) is 3.23. The Kier molecular flexibility index (Phi) is 2.66.